The summed E-state index contributed by atoms with van der Waals surface area (Å²) < 4.78 is 11.7. The highest BCUT2D eigenvalue weighted by molar-refractivity contribution is 7.26. The maximum Gasteiger partial charge on any atom is 0.213 e. The van der Waals surface area contributed by atoms with Crippen LogP contribution in [-0.2, 0) is 0 Å². The fourth-order valence-corrected chi connectivity index (χ4v) is 10.1. The molecule has 12 rings (SSSR count). The maximum absolute atomic E-state index is 6.93. The summed E-state index contributed by atoms with van der Waals surface area (Å²) in [6.45, 7) is 0. The van der Waals surface area contributed by atoms with Crippen molar-refractivity contribution in [3.63, 3.8) is 0 Å². The molecule has 0 aliphatic heterocycles. The van der Waals surface area contributed by atoms with Gasteiger partial charge < -0.3 is 9.32 Å². The molecule has 9 aromatic carbocycles. The monoisotopic (exact) mass is 758 g/mol. The molecule has 0 radical (unpaired) electrons. The number of benzene rings is 9. The molecule has 58 heavy (non-hydrogen) atoms. The molecule has 3 aromatic heterocycles. The molecule has 0 spiro atoms. The fraction of sp³-hybridized carbons (Fsp3) is 0. The molecular weight excluding hydrogens is 725 g/mol. The molecule has 3 heterocycles. The van der Waals surface area contributed by atoms with Crippen molar-refractivity contribution < 1.29 is 4.42 Å². The second kappa shape index (κ2) is 13.1. The van der Waals surface area contributed by atoms with Crippen LogP contribution in [0.1, 0.15) is 0 Å². The number of para-hydroxylation sites is 3. The highest BCUT2D eigenvalue weighted by atomic mass is 32.1. The van der Waals surface area contributed by atoms with Gasteiger partial charge in [0.05, 0.1) is 21.3 Å². The lowest BCUT2D eigenvalue weighted by Gasteiger charge is -2.26. The van der Waals surface area contributed by atoms with Crippen molar-refractivity contribution in [3.8, 4) is 27.9 Å². The first-order valence-electron chi connectivity index (χ1n) is 19.7. The molecule has 3 nitrogen and oxygen atoms in total. The van der Waals surface area contributed by atoms with Gasteiger partial charge in [-0.15, -0.1) is 11.3 Å². The maximum atomic E-state index is 6.93. The van der Waals surface area contributed by atoms with Gasteiger partial charge in [0.15, 0.2) is 0 Å². The van der Waals surface area contributed by atoms with Crippen molar-refractivity contribution in [1.82, 2.24) is 4.57 Å². The van der Waals surface area contributed by atoms with Crippen molar-refractivity contribution in [2.45, 2.75) is 0 Å². The number of anilines is 3. The van der Waals surface area contributed by atoms with Gasteiger partial charge in [0.1, 0.15) is 5.58 Å². The molecule has 0 bridgehead atoms. The highest BCUT2D eigenvalue weighted by Crippen LogP contribution is 2.46. The molecule has 0 saturated carbocycles. The van der Waals surface area contributed by atoms with Crippen LogP contribution in [0.5, 0.6) is 0 Å². The van der Waals surface area contributed by atoms with Crippen molar-refractivity contribution in [2.24, 2.45) is 0 Å². The van der Waals surface area contributed by atoms with Crippen molar-refractivity contribution in [3.05, 3.63) is 206 Å². The zero-order valence-corrected chi connectivity index (χ0v) is 32.2. The standard InChI is InChI=1S/C54H34N2OS/c1-2-14-40(15-3-1)56-48-21-8-6-17-46(48)51-47-20-10-18-43(52(47)57-54(51)56)37-28-32-42(33-29-37)55(49-22-11-19-45-44-16-7-9-23-50(44)58-53(45)49)41-30-26-36(27-31-41)39-25-24-35-12-4-5-13-38(35)34-39/h1-34H. The quantitative estimate of drug-likeness (QED) is 0.168. The third-order valence-corrected chi connectivity index (χ3v) is 12.8. The number of hydrogen-bond acceptors (Lipinski definition) is 3. The lowest BCUT2D eigenvalue weighted by Crippen LogP contribution is -2.10. The summed E-state index contributed by atoms with van der Waals surface area (Å²) >= 11 is 1.86. The number of thiophene rings is 1. The molecule has 4 heteroatoms. The van der Waals surface area contributed by atoms with Crippen molar-refractivity contribution >= 4 is 92.3 Å². The topological polar surface area (TPSA) is 21.3 Å². The Bertz CT molecular complexity index is 3500. The molecule has 0 amide bonds. The molecule has 12 aromatic rings. The average Bonchev–Trinajstić information content (AvgIpc) is 3.97. The zero-order valence-electron chi connectivity index (χ0n) is 31.3. The van der Waals surface area contributed by atoms with E-state index in [1.54, 1.807) is 0 Å². The molecule has 0 atom stereocenters. The van der Waals surface area contributed by atoms with Crippen molar-refractivity contribution in [2.75, 3.05) is 4.90 Å². The van der Waals surface area contributed by atoms with Crippen LogP contribution in [0, 0.1) is 0 Å². The summed E-state index contributed by atoms with van der Waals surface area (Å²) in [7, 11) is 0. The lowest BCUT2D eigenvalue weighted by atomic mass is 10.00. The van der Waals surface area contributed by atoms with Gasteiger partial charge >= 0.3 is 0 Å². The third-order valence-electron chi connectivity index (χ3n) is 11.6. The average molecular weight is 759 g/mol. The van der Waals surface area contributed by atoms with Gasteiger partial charge in [-0.05, 0) is 88.1 Å². The minimum Gasteiger partial charge on any atom is -0.438 e. The van der Waals surface area contributed by atoms with Crippen LogP contribution in [0.15, 0.2) is 211 Å². The minimum atomic E-state index is 0.862. The van der Waals surface area contributed by atoms with E-state index in [-0.39, 0.29) is 0 Å². The SMILES string of the molecule is c1ccc(-n2c3ccccc3c3c4cccc(-c5ccc(N(c6ccc(-c7ccc8ccccc8c7)cc6)c6cccc7c6sc6ccccc67)cc5)c4oc32)cc1. The van der Waals surface area contributed by atoms with Gasteiger partial charge in [-0.1, -0.05) is 146 Å². The van der Waals surface area contributed by atoms with E-state index in [4.69, 9.17) is 4.42 Å². The second-order valence-electron chi connectivity index (χ2n) is 14.9. The van der Waals surface area contributed by atoms with Gasteiger partial charge in [0.25, 0.3) is 0 Å². The number of aromatic nitrogens is 1. The van der Waals surface area contributed by atoms with Gasteiger partial charge in [0, 0.05) is 48.9 Å². The molecule has 0 aliphatic rings. The Balaban J connectivity index is 0.995. The molecule has 0 N–H and O–H groups in total. The van der Waals surface area contributed by atoms with Crippen LogP contribution in [0.2, 0.25) is 0 Å². The summed E-state index contributed by atoms with van der Waals surface area (Å²) in [6.07, 6.45) is 0. The van der Waals surface area contributed by atoms with E-state index in [0.717, 1.165) is 61.5 Å². The van der Waals surface area contributed by atoms with Crippen molar-refractivity contribution in [1.29, 1.82) is 0 Å². The van der Waals surface area contributed by atoms with E-state index in [2.05, 4.69) is 216 Å². The third kappa shape index (κ3) is 5.12. The normalized spacial score (nSPS) is 11.8. The summed E-state index contributed by atoms with van der Waals surface area (Å²) in [6, 6.07) is 74.3. The predicted octanol–water partition coefficient (Wildman–Crippen LogP) is 15.9. The molecule has 272 valence electrons. The Hall–Kier alpha value is -7.40. The first kappa shape index (κ1) is 32.8. The fourth-order valence-electron chi connectivity index (χ4n) is 8.87. The molecule has 0 fully saturated rings. The number of rotatable bonds is 6. The zero-order chi connectivity index (χ0) is 38.2. The number of nitrogens with zero attached hydrogens (tertiary/aromatic N) is 2. The van der Waals surface area contributed by atoms with Crippen LogP contribution in [0.3, 0.4) is 0 Å². The Morgan fingerprint density at radius 3 is 1.91 bits per heavy atom. The molecule has 0 unspecified atom stereocenters. The minimum absolute atomic E-state index is 0.862. The number of furan rings is 1. The van der Waals surface area contributed by atoms with Gasteiger partial charge in [-0.2, -0.15) is 0 Å². The largest absolute Gasteiger partial charge is 0.438 e. The molecule has 0 saturated heterocycles. The predicted molar refractivity (Wildman–Crippen MR) is 247 cm³/mol. The van der Waals surface area contributed by atoms with E-state index < -0.39 is 0 Å². The van der Waals surface area contributed by atoms with Crippen LogP contribution in [0.4, 0.5) is 17.1 Å². The van der Waals surface area contributed by atoms with E-state index in [1.807, 2.05) is 11.3 Å². The summed E-state index contributed by atoms with van der Waals surface area (Å²) in [5.74, 6) is 0. The first-order chi connectivity index (χ1) is 28.8. The summed E-state index contributed by atoms with van der Waals surface area (Å²) in [5, 5.41) is 8.51. The number of fused-ring (bicyclic) bond motifs is 9. The molecule has 0 aliphatic carbocycles. The Kier molecular flexibility index (Phi) is 7.40. The van der Waals surface area contributed by atoms with Gasteiger partial charge in [-0.3, -0.25) is 4.57 Å². The Morgan fingerprint density at radius 1 is 0.448 bits per heavy atom. The van der Waals surface area contributed by atoms with E-state index >= 15 is 0 Å². The Morgan fingerprint density at radius 2 is 1.09 bits per heavy atom. The van der Waals surface area contributed by atoms with Gasteiger partial charge in [-0.25, -0.2) is 0 Å². The van der Waals surface area contributed by atoms with E-state index in [1.165, 1.54) is 47.5 Å². The van der Waals surface area contributed by atoms with Crippen LogP contribution >= 0.6 is 11.3 Å². The lowest BCUT2D eigenvalue weighted by molar-refractivity contribution is 0.646. The van der Waals surface area contributed by atoms with E-state index in [0.29, 0.717) is 0 Å². The highest BCUT2D eigenvalue weighted by Gasteiger charge is 2.22. The van der Waals surface area contributed by atoms with Crippen LogP contribution in [-0.4, -0.2) is 4.57 Å². The van der Waals surface area contributed by atoms with Gasteiger partial charge in [0.2, 0.25) is 5.71 Å². The Labute approximate surface area is 338 Å². The first-order valence-corrected chi connectivity index (χ1v) is 20.5. The number of hydrogen-bond donors (Lipinski definition) is 0. The van der Waals surface area contributed by atoms with E-state index in [9.17, 15) is 0 Å². The summed E-state index contributed by atoms with van der Waals surface area (Å²) in [5.41, 5.74) is 11.9. The second-order valence-corrected chi connectivity index (χ2v) is 15.9. The van der Waals surface area contributed by atoms with Crippen LogP contribution in [0.25, 0.3) is 91.9 Å². The smallest absolute Gasteiger partial charge is 0.213 e. The van der Waals surface area contributed by atoms with Crippen LogP contribution < -0.4 is 4.90 Å². The summed E-state index contributed by atoms with van der Waals surface area (Å²) in [4.78, 5) is 2.41. The molecular formula is C54H34N2OS.